The highest BCUT2D eigenvalue weighted by atomic mass is 79.9. The van der Waals surface area contributed by atoms with E-state index in [1.54, 1.807) is 12.0 Å². The molecule has 6 heteroatoms. The number of hydrogen-bond acceptors (Lipinski definition) is 3. The summed E-state index contributed by atoms with van der Waals surface area (Å²) < 4.78 is 6.24. The van der Waals surface area contributed by atoms with Gasteiger partial charge < -0.3 is 15.0 Å². The van der Waals surface area contributed by atoms with Crippen LogP contribution in [0, 0.1) is 5.92 Å². The molecule has 3 rings (SSSR count). The van der Waals surface area contributed by atoms with Crippen molar-refractivity contribution in [3.05, 3.63) is 58.6 Å². The van der Waals surface area contributed by atoms with Crippen LogP contribution in [0.3, 0.4) is 0 Å². The molecule has 25 heavy (non-hydrogen) atoms. The number of amides is 2. The van der Waals surface area contributed by atoms with E-state index in [9.17, 15) is 9.59 Å². The molecular formula is C19H19BrN2O3. The Kier molecular flexibility index (Phi) is 5.38. The summed E-state index contributed by atoms with van der Waals surface area (Å²) in [5.74, 6) is 0.256. The number of ether oxygens (including phenoxy) is 1. The number of halogens is 1. The first-order valence-electron chi connectivity index (χ1n) is 8.04. The molecule has 0 aliphatic carbocycles. The number of carbonyl (C=O) groups excluding carboxylic acids is 2. The molecule has 2 aromatic rings. The third-order valence-electron chi connectivity index (χ3n) is 4.28. The monoisotopic (exact) mass is 402 g/mol. The van der Waals surface area contributed by atoms with Crippen LogP contribution in [0.4, 0.5) is 5.69 Å². The first kappa shape index (κ1) is 17.5. The van der Waals surface area contributed by atoms with Crippen LogP contribution in [-0.2, 0) is 16.1 Å². The third kappa shape index (κ3) is 4.02. The van der Waals surface area contributed by atoms with Crippen LogP contribution in [0.25, 0.3) is 0 Å². The number of carbonyl (C=O) groups is 2. The van der Waals surface area contributed by atoms with E-state index in [0.717, 1.165) is 21.5 Å². The molecule has 0 bridgehead atoms. The number of para-hydroxylation sites is 1. The van der Waals surface area contributed by atoms with Gasteiger partial charge in [0.1, 0.15) is 5.75 Å². The van der Waals surface area contributed by atoms with Crippen molar-refractivity contribution >= 4 is 33.4 Å². The second-order valence-corrected chi connectivity index (χ2v) is 6.83. The minimum atomic E-state index is -0.342. The summed E-state index contributed by atoms with van der Waals surface area (Å²) in [5, 5.41) is 2.91. The van der Waals surface area contributed by atoms with Gasteiger partial charge in [0.25, 0.3) is 0 Å². The maximum absolute atomic E-state index is 12.5. The van der Waals surface area contributed by atoms with E-state index in [1.165, 1.54) is 0 Å². The Labute approximate surface area is 155 Å². The van der Waals surface area contributed by atoms with E-state index in [4.69, 9.17) is 4.74 Å². The van der Waals surface area contributed by atoms with E-state index in [0.29, 0.717) is 13.1 Å². The maximum atomic E-state index is 12.5. The lowest BCUT2D eigenvalue weighted by molar-refractivity contribution is -0.126. The fourth-order valence-electron chi connectivity index (χ4n) is 2.93. The molecule has 1 aliphatic rings. The minimum absolute atomic E-state index is 0.0280. The van der Waals surface area contributed by atoms with Gasteiger partial charge >= 0.3 is 0 Å². The lowest BCUT2D eigenvalue weighted by Crippen LogP contribution is -2.32. The fraction of sp³-hybridized carbons (Fsp3) is 0.263. The quantitative estimate of drug-likeness (QED) is 0.835. The van der Waals surface area contributed by atoms with Crippen molar-refractivity contribution < 1.29 is 14.3 Å². The van der Waals surface area contributed by atoms with Crippen LogP contribution < -0.4 is 15.0 Å². The molecule has 0 saturated carbocycles. The van der Waals surface area contributed by atoms with Crippen LogP contribution >= 0.6 is 15.9 Å². The van der Waals surface area contributed by atoms with Gasteiger partial charge in [0.05, 0.1) is 13.0 Å². The smallest absolute Gasteiger partial charge is 0.227 e. The molecule has 0 radical (unpaired) electrons. The Morgan fingerprint density at radius 1 is 1.24 bits per heavy atom. The standard InChI is InChI=1S/C19H19BrN2O3/c1-25-17-5-3-2-4-13(17)11-21-19(24)14-10-18(23)22(12-14)16-8-6-15(20)7-9-16/h2-9,14H,10-12H2,1H3,(H,21,24)/t14-/m0/s1. The van der Waals surface area contributed by atoms with Crippen LogP contribution in [0.15, 0.2) is 53.0 Å². The van der Waals surface area contributed by atoms with E-state index in [1.807, 2.05) is 48.5 Å². The third-order valence-corrected chi connectivity index (χ3v) is 4.81. The Morgan fingerprint density at radius 2 is 1.96 bits per heavy atom. The topological polar surface area (TPSA) is 58.6 Å². The van der Waals surface area contributed by atoms with Crippen molar-refractivity contribution in [2.24, 2.45) is 5.92 Å². The Morgan fingerprint density at radius 3 is 2.68 bits per heavy atom. The maximum Gasteiger partial charge on any atom is 0.227 e. The zero-order valence-corrected chi connectivity index (χ0v) is 15.5. The number of hydrogen-bond donors (Lipinski definition) is 1. The largest absolute Gasteiger partial charge is 0.496 e. The van der Waals surface area contributed by atoms with Crippen molar-refractivity contribution in [3.63, 3.8) is 0 Å². The highest BCUT2D eigenvalue weighted by Gasteiger charge is 2.35. The van der Waals surface area contributed by atoms with E-state index in [-0.39, 0.29) is 24.2 Å². The van der Waals surface area contributed by atoms with Gasteiger partial charge in [0, 0.05) is 35.2 Å². The van der Waals surface area contributed by atoms with Gasteiger partial charge in [-0.25, -0.2) is 0 Å². The van der Waals surface area contributed by atoms with Crippen LogP contribution in [0.2, 0.25) is 0 Å². The molecule has 5 nitrogen and oxygen atoms in total. The van der Waals surface area contributed by atoms with Crippen LogP contribution in [0.1, 0.15) is 12.0 Å². The number of rotatable bonds is 5. The molecule has 1 heterocycles. The zero-order chi connectivity index (χ0) is 17.8. The lowest BCUT2D eigenvalue weighted by Gasteiger charge is -2.17. The predicted molar refractivity (Wildman–Crippen MR) is 99.4 cm³/mol. The normalized spacial score (nSPS) is 16.8. The van der Waals surface area contributed by atoms with E-state index < -0.39 is 0 Å². The molecule has 1 N–H and O–H groups in total. The molecule has 2 amide bonds. The predicted octanol–water partition coefficient (Wildman–Crippen LogP) is 3.13. The Hall–Kier alpha value is -2.34. The average molecular weight is 403 g/mol. The summed E-state index contributed by atoms with van der Waals surface area (Å²) >= 11 is 3.38. The first-order valence-corrected chi connectivity index (χ1v) is 8.83. The summed E-state index contributed by atoms with van der Waals surface area (Å²) in [7, 11) is 1.60. The number of anilines is 1. The van der Waals surface area contributed by atoms with Gasteiger partial charge in [-0.2, -0.15) is 0 Å². The molecule has 0 unspecified atom stereocenters. The van der Waals surface area contributed by atoms with Crippen molar-refractivity contribution in [2.75, 3.05) is 18.6 Å². The van der Waals surface area contributed by atoms with Crippen molar-refractivity contribution in [1.82, 2.24) is 5.32 Å². The molecule has 130 valence electrons. The molecule has 2 aromatic carbocycles. The molecule has 1 saturated heterocycles. The Bertz CT molecular complexity index is 776. The number of nitrogens with zero attached hydrogens (tertiary/aromatic N) is 1. The molecule has 0 aromatic heterocycles. The average Bonchev–Trinajstić information content (AvgIpc) is 3.02. The molecule has 0 spiro atoms. The number of methoxy groups -OCH3 is 1. The summed E-state index contributed by atoms with van der Waals surface area (Å²) in [5.41, 5.74) is 1.72. The minimum Gasteiger partial charge on any atom is -0.496 e. The van der Waals surface area contributed by atoms with Gasteiger partial charge in [-0.05, 0) is 30.3 Å². The van der Waals surface area contributed by atoms with Crippen molar-refractivity contribution in [3.8, 4) is 5.75 Å². The zero-order valence-electron chi connectivity index (χ0n) is 13.9. The van der Waals surface area contributed by atoms with Gasteiger partial charge in [-0.3, -0.25) is 9.59 Å². The van der Waals surface area contributed by atoms with Gasteiger partial charge in [0.2, 0.25) is 11.8 Å². The van der Waals surface area contributed by atoms with E-state index in [2.05, 4.69) is 21.2 Å². The highest BCUT2D eigenvalue weighted by molar-refractivity contribution is 9.10. The summed E-state index contributed by atoms with van der Waals surface area (Å²) in [6, 6.07) is 15.1. The van der Waals surface area contributed by atoms with Gasteiger partial charge in [0.15, 0.2) is 0 Å². The van der Waals surface area contributed by atoms with Crippen molar-refractivity contribution in [1.29, 1.82) is 0 Å². The Balaban J connectivity index is 1.62. The lowest BCUT2D eigenvalue weighted by atomic mass is 10.1. The molecule has 1 aliphatic heterocycles. The number of benzene rings is 2. The molecule has 1 atom stereocenters. The highest BCUT2D eigenvalue weighted by Crippen LogP contribution is 2.26. The molecular weight excluding hydrogens is 384 g/mol. The van der Waals surface area contributed by atoms with Crippen molar-refractivity contribution in [2.45, 2.75) is 13.0 Å². The SMILES string of the molecule is COc1ccccc1CNC(=O)[C@H]1CC(=O)N(c2ccc(Br)cc2)C1. The van der Waals surface area contributed by atoms with Crippen LogP contribution in [0.5, 0.6) is 5.75 Å². The summed E-state index contributed by atoms with van der Waals surface area (Å²) in [4.78, 5) is 26.4. The van der Waals surface area contributed by atoms with Gasteiger partial charge in [-0.15, -0.1) is 0 Å². The first-order chi connectivity index (χ1) is 12.1. The number of nitrogens with one attached hydrogen (secondary N) is 1. The van der Waals surface area contributed by atoms with Gasteiger partial charge in [-0.1, -0.05) is 34.1 Å². The molecule has 1 fully saturated rings. The van der Waals surface area contributed by atoms with E-state index >= 15 is 0 Å². The second-order valence-electron chi connectivity index (χ2n) is 5.91. The summed E-state index contributed by atoms with van der Waals surface area (Å²) in [6.45, 7) is 0.782. The fourth-order valence-corrected chi connectivity index (χ4v) is 3.19. The second kappa shape index (κ2) is 7.70. The summed E-state index contributed by atoms with van der Waals surface area (Å²) in [6.07, 6.45) is 0.230. The van der Waals surface area contributed by atoms with Crippen LogP contribution in [-0.4, -0.2) is 25.5 Å².